The standard InChI is InChI=1S/C13H16Si/c14-10-13(12-7-4-8-12)9-11-5-2-1-3-6-11/h1-3,5-7,10H,4,8-9H2,14H3. The second-order valence-corrected chi connectivity index (χ2v) is 4.32. The summed E-state index contributed by atoms with van der Waals surface area (Å²) in [7, 11) is 1.17. The molecular weight excluding hydrogens is 184 g/mol. The summed E-state index contributed by atoms with van der Waals surface area (Å²) in [5, 5.41) is 0. The van der Waals surface area contributed by atoms with Crippen LogP contribution in [0.4, 0.5) is 0 Å². The van der Waals surface area contributed by atoms with E-state index in [-0.39, 0.29) is 0 Å². The molecule has 1 heteroatoms. The van der Waals surface area contributed by atoms with Gasteiger partial charge in [0.1, 0.15) is 0 Å². The van der Waals surface area contributed by atoms with Crippen molar-refractivity contribution in [2.75, 3.05) is 0 Å². The normalized spacial score (nSPS) is 16.3. The van der Waals surface area contributed by atoms with Gasteiger partial charge in [-0.05, 0) is 36.0 Å². The molecule has 0 bridgehead atoms. The molecule has 0 spiro atoms. The highest BCUT2D eigenvalue weighted by atomic mass is 28.1. The number of hydrogen-bond donors (Lipinski definition) is 0. The van der Waals surface area contributed by atoms with Gasteiger partial charge in [0.25, 0.3) is 0 Å². The van der Waals surface area contributed by atoms with Crippen molar-refractivity contribution in [2.45, 2.75) is 19.3 Å². The number of benzene rings is 1. The molecule has 1 aromatic carbocycles. The average Bonchev–Trinajstić information content (AvgIpc) is 2.15. The summed E-state index contributed by atoms with van der Waals surface area (Å²) in [6.45, 7) is 0. The molecule has 0 aromatic heterocycles. The van der Waals surface area contributed by atoms with Gasteiger partial charge in [-0.15, -0.1) is 5.70 Å². The highest BCUT2D eigenvalue weighted by Crippen LogP contribution is 2.27. The van der Waals surface area contributed by atoms with E-state index < -0.39 is 0 Å². The van der Waals surface area contributed by atoms with Gasteiger partial charge in [0.2, 0.25) is 0 Å². The Kier molecular flexibility index (Phi) is 2.99. The molecule has 0 saturated heterocycles. The third-order valence-electron chi connectivity index (χ3n) is 2.80. The lowest BCUT2D eigenvalue weighted by atomic mass is 9.89. The molecule has 2 rings (SSSR count). The minimum atomic E-state index is 1.12. The zero-order chi connectivity index (χ0) is 9.80. The zero-order valence-corrected chi connectivity index (χ0v) is 10.7. The summed E-state index contributed by atoms with van der Waals surface area (Å²) in [6, 6.07) is 10.7. The van der Waals surface area contributed by atoms with Crippen LogP contribution in [0.2, 0.25) is 0 Å². The van der Waals surface area contributed by atoms with Gasteiger partial charge in [-0.25, -0.2) is 0 Å². The molecule has 0 nitrogen and oxygen atoms in total. The van der Waals surface area contributed by atoms with Crippen LogP contribution >= 0.6 is 0 Å². The third kappa shape index (κ3) is 2.04. The molecular formula is C13H16Si. The van der Waals surface area contributed by atoms with Crippen LogP contribution in [0.25, 0.3) is 0 Å². The molecule has 1 aliphatic carbocycles. The molecule has 0 fully saturated rings. The summed E-state index contributed by atoms with van der Waals surface area (Å²) in [4.78, 5) is 0. The highest BCUT2D eigenvalue weighted by molar-refractivity contribution is 6.17. The monoisotopic (exact) mass is 200 g/mol. The third-order valence-corrected chi connectivity index (χ3v) is 3.50. The molecule has 0 unspecified atom stereocenters. The van der Waals surface area contributed by atoms with Gasteiger partial charge < -0.3 is 0 Å². The van der Waals surface area contributed by atoms with Gasteiger partial charge in [-0.1, -0.05) is 36.4 Å². The summed E-state index contributed by atoms with van der Waals surface area (Å²) in [6.07, 6.45) is 6.06. The van der Waals surface area contributed by atoms with Crippen molar-refractivity contribution in [3.05, 3.63) is 58.8 Å². The Hall–Kier alpha value is -1.08. The Bertz CT molecular complexity index is 360. The molecule has 72 valence electrons. The lowest BCUT2D eigenvalue weighted by Crippen LogP contribution is -2.01. The first-order chi connectivity index (χ1) is 6.90. The van der Waals surface area contributed by atoms with E-state index in [9.17, 15) is 0 Å². The first kappa shape index (κ1) is 9.47. The molecule has 0 radical (unpaired) electrons. The largest absolute Gasteiger partial charge is 0.102 e. The van der Waals surface area contributed by atoms with Gasteiger partial charge in [0, 0.05) is 10.2 Å². The fourth-order valence-corrected chi connectivity index (χ4v) is 2.37. The lowest BCUT2D eigenvalue weighted by molar-refractivity contribution is 0.869. The van der Waals surface area contributed by atoms with Crippen molar-refractivity contribution < 1.29 is 0 Å². The van der Waals surface area contributed by atoms with Gasteiger partial charge in [-0.3, -0.25) is 0 Å². The summed E-state index contributed by atoms with van der Waals surface area (Å²) >= 11 is 0. The second-order valence-electron chi connectivity index (χ2n) is 3.74. The molecule has 0 N–H and O–H groups in total. The van der Waals surface area contributed by atoms with E-state index in [1.807, 2.05) is 0 Å². The Morgan fingerprint density at radius 3 is 2.50 bits per heavy atom. The van der Waals surface area contributed by atoms with Crippen molar-refractivity contribution in [3.8, 4) is 0 Å². The maximum absolute atomic E-state index is 2.39. The first-order valence-corrected chi connectivity index (χ1v) is 6.44. The van der Waals surface area contributed by atoms with Crippen molar-refractivity contribution in [3.63, 3.8) is 0 Å². The van der Waals surface area contributed by atoms with Crippen LogP contribution in [0, 0.1) is 0 Å². The van der Waals surface area contributed by atoms with E-state index in [2.05, 4.69) is 42.1 Å². The Balaban J connectivity index is 2.10. The fourth-order valence-electron chi connectivity index (χ4n) is 1.80. The van der Waals surface area contributed by atoms with Crippen LogP contribution in [0.15, 0.2) is 53.3 Å². The van der Waals surface area contributed by atoms with Gasteiger partial charge in [0.15, 0.2) is 0 Å². The Morgan fingerprint density at radius 2 is 2.00 bits per heavy atom. The predicted octanol–water partition coefficient (Wildman–Crippen LogP) is 2.20. The van der Waals surface area contributed by atoms with Crippen LogP contribution in [-0.2, 0) is 6.42 Å². The van der Waals surface area contributed by atoms with Crippen molar-refractivity contribution >= 4 is 10.2 Å². The first-order valence-electron chi connectivity index (χ1n) is 5.28. The average molecular weight is 200 g/mol. The minimum absolute atomic E-state index is 1.12. The molecule has 0 atom stereocenters. The zero-order valence-electron chi connectivity index (χ0n) is 8.66. The molecule has 1 aromatic rings. The van der Waals surface area contributed by atoms with Crippen LogP contribution in [0.5, 0.6) is 0 Å². The minimum Gasteiger partial charge on any atom is -0.102 e. The van der Waals surface area contributed by atoms with E-state index in [1.165, 1.54) is 28.6 Å². The Morgan fingerprint density at radius 1 is 1.29 bits per heavy atom. The Labute approximate surface area is 88.8 Å². The van der Waals surface area contributed by atoms with E-state index in [0.29, 0.717) is 0 Å². The van der Waals surface area contributed by atoms with Crippen LogP contribution in [0.3, 0.4) is 0 Å². The van der Waals surface area contributed by atoms with E-state index >= 15 is 0 Å². The van der Waals surface area contributed by atoms with Gasteiger partial charge in [0.05, 0.1) is 0 Å². The van der Waals surface area contributed by atoms with Gasteiger partial charge >= 0.3 is 0 Å². The maximum atomic E-state index is 2.39. The maximum Gasteiger partial charge on any atom is 0.0295 e. The molecule has 0 amide bonds. The van der Waals surface area contributed by atoms with E-state index in [0.717, 1.165) is 6.42 Å². The molecule has 14 heavy (non-hydrogen) atoms. The quantitative estimate of drug-likeness (QED) is 0.656. The fraction of sp³-hybridized carbons (Fsp3) is 0.231. The lowest BCUT2D eigenvalue weighted by Gasteiger charge is -2.18. The predicted molar refractivity (Wildman–Crippen MR) is 65.5 cm³/mol. The van der Waals surface area contributed by atoms with Crippen molar-refractivity contribution in [1.29, 1.82) is 0 Å². The van der Waals surface area contributed by atoms with E-state index in [4.69, 9.17) is 0 Å². The smallest absolute Gasteiger partial charge is 0.0295 e. The van der Waals surface area contributed by atoms with E-state index in [1.54, 1.807) is 11.1 Å². The molecule has 1 aliphatic rings. The van der Waals surface area contributed by atoms with Crippen molar-refractivity contribution in [1.82, 2.24) is 0 Å². The second kappa shape index (κ2) is 4.42. The number of rotatable bonds is 3. The van der Waals surface area contributed by atoms with Crippen LogP contribution in [0.1, 0.15) is 18.4 Å². The summed E-state index contributed by atoms with van der Waals surface area (Å²) < 4.78 is 0. The molecule has 0 aliphatic heterocycles. The topological polar surface area (TPSA) is 0 Å². The van der Waals surface area contributed by atoms with Crippen LogP contribution < -0.4 is 0 Å². The summed E-state index contributed by atoms with van der Waals surface area (Å²) in [5.41, 5.74) is 6.97. The van der Waals surface area contributed by atoms with Gasteiger partial charge in [-0.2, -0.15) is 0 Å². The number of allylic oxidation sites excluding steroid dienone is 3. The van der Waals surface area contributed by atoms with Crippen LogP contribution in [-0.4, -0.2) is 10.2 Å². The summed E-state index contributed by atoms with van der Waals surface area (Å²) in [5.74, 6) is 0. The SMILES string of the molecule is [SiH3]C=C(Cc1ccccc1)C1=CCC1. The highest BCUT2D eigenvalue weighted by Gasteiger charge is 2.10. The molecule has 0 heterocycles. The molecule has 0 saturated carbocycles. The van der Waals surface area contributed by atoms with Crippen molar-refractivity contribution in [2.24, 2.45) is 0 Å². The number of hydrogen-bond acceptors (Lipinski definition) is 0.